The van der Waals surface area contributed by atoms with Crippen molar-refractivity contribution < 1.29 is 4.39 Å². The first kappa shape index (κ1) is 9.52. The zero-order valence-electron chi connectivity index (χ0n) is 7.81. The van der Waals surface area contributed by atoms with E-state index in [9.17, 15) is 4.39 Å². The highest BCUT2D eigenvalue weighted by molar-refractivity contribution is 9.10. The molecule has 0 aliphatic rings. The van der Waals surface area contributed by atoms with Crippen LogP contribution in [0.5, 0.6) is 0 Å². The Balaban J connectivity index is 2.89. The number of hydrogen-bond donors (Lipinski definition) is 0. The standard InChI is InChI=1S/C10H8BrFN2/c1-5-3-7-9(4-8(5)12)13-6(2)14-10(7)11/h3-4H,1-2H3. The smallest absolute Gasteiger partial charge is 0.128 e. The highest BCUT2D eigenvalue weighted by Crippen LogP contribution is 2.23. The molecular formula is C10H8BrFN2. The summed E-state index contributed by atoms with van der Waals surface area (Å²) in [5, 5.41) is 0.842. The van der Waals surface area contributed by atoms with Gasteiger partial charge >= 0.3 is 0 Å². The monoisotopic (exact) mass is 254 g/mol. The first-order valence-corrected chi connectivity index (χ1v) is 4.97. The highest BCUT2D eigenvalue weighted by atomic mass is 79.9. The van der Waals surface area contributed by atoms with Gasteiger partial charge in [0.1, 0.15) is 16.2 Å². The molecule has 1 heterocycles. The molecule has 14 heavy (non-hydrogen) atoms. The quantitative estimate of drug-likeness (QED) is 0.676. The Kier molecular flexibility index (Phi) is 2.23. The van der Waals surface area contributed by atoms with Crippen LogP contribution in [0.15, 0.2) is 16.7 Å². The second kappa shape index (κ2) is 3.28. The summed E-state index contributed by atoms with van der Waals surface area (Å²) in [6, 6.07) is 3.18. The van der Waals surface area contributed by atoms with Gasteiger partial charge in [0, 0.05) is 11.5 Å². The van der Waals surface area contributed by atoms with Crippen molar-refractivity contribution in [3.8, 4) is 0 Å². The molecule has 0 aliphatic carbocycles. The average molecular weight is 255 g/mol. The van der Waals surface area contributed by atoms with E-state index in [1.54, 1.807) is 19.9 Å². The zero-order valence-corrected chi connectivity index (χ0v) is 9.39. The first-order valence-electron chi connectivity index (χ1n) is 4.18. The number of hydrogen-bond acceptors (Lipinski definition) is 2. The van der Waals surface area contributed by atoms with Gasteiger partial charge in [0.05, 0.1) is 5.52 Å². The third kappa shape index (κ3) is 1.50. The second-order valence-electron chi connectivity index (χ2n) is 3.18. The Morgan fingerprint density at radius 1 is 1.21 bits per heavy atom. The van der Waals surface area contributed by atoms with Gasteiger partial charge in [-0.25, -0.2) is 14.4 Å². The Bertz CT molecular complexity index is 511. The fourth-order valence-electron chi connectivity index (χ4n) is 1.33. The van der Waals surface area contributed by atoms with Crippen LogP contribution >= 0.6 is 15.9 Å². The molecule has 0 bridgehead atoms. The Labute approximate surface area is 89.3 Å². The second-order valence-corrected chi connectivity index (χ2v) is 3.93. The number of rotatable bonds is 0. The Hall–Kier alpha value is -1.03. The van der Waals surface area contributed by atoms with Crippen molar-refractivity contribution >= 4 is 26.8 Å². The van der Waals surface area contributed by atoms with Gasteiger partial charge in [-0.05, 0) is 41.4 Å². The molecule has 0 amide bonds. The lowest BCUT2D eigenvalue weighted by Gasteiger charge is -2.03. The van der Waals surface area contributed by atoms with Crippen LogP contribution < -0.4 is 0 Å². The van der Waals surface area contributed by atoms with Gasteiger partial charge in [0.15, 0.2) is 0 Å². The molecule has 0 radical (unpaired) electrons. The maximum atomic E-state index is 13.2. The lowest BCUT2D eigenvalue weighted by atomic mass is 10.1. The molecule has 0 N–H and O–H groups in total. The number of nitrogens with zero attached hydrogens (tertiary/aromatic N) is 2. The van der Waals surface area contributed by atoms with Crippen molar-refractivity contribution in [1.82, 2.24) is 9.97 Å². The summed E-state index contributed by atoms with van der Waals surface area (Å²) in [5.41, 5.74) is 1.23. The summed E-state index contributed by atoms with van der Waals surface area (Å²) < 4.78 is 13.9. The number of aromatic nitrogens is 2. The Morgan fingerprint density at radius 3 is 2.64 bits per heavy atom. The maximum absolute atomic E-state index is 13.2. The zero-order chi connectivity index (χ0) is 10.3. The summed E-state index contributed by atoms with van der Waals surface area (Å²) in [5.74, 6) is 0.398. The van der Waals surface area contributed by atoms with Crippen LogP contribution in [-0.4, -0.2) is 9.97 Å². The predicted molar refractivity (Wildman–Crippen MR) is 56.7 cm³/mol. The van der Waals surface area contributed by atoms with Crippen molar-refractivity contribution in [3.63, 3.8) is 0 Å². The molecule has 0 atom stereocenters. The minimum Gasteiger partial charge on any atom is -0.233 e. The van der Waals surface area contributed by atoms with E-state index in [2.05, 4.69) is 25.9 Å². The Morgan fingerprint density at radius 2 is 1.93 bits per heavy atom. The normalized spacial score (nSPS) is 10.9. The van der Waals surface area contributed by atoms with E-state index < -0.39 is 0 Å². The van der Waals surface area contributed by atoms with Gasteiger partial charge in [-0.3, -0.25) is 0 Å². The average Bonchev–Trinajstić information content (AvgIpc) is 2.08. The molecule has 4 heteroatoms. The van der Waals surface area contributed by atoms with E-state index in [1.165, 1.54) is 6.07 Å². The van der Waals surface area contributed by atoms with E-state index >= 15 is 0 Å². The van der Waals surface area contributed by atoms with Crippen molar-refractivity contribution in [3.05, 3.63) is 33.9 Å². The van der Waals surface area contributed by atoms with Crippen LogP contribution in [0.2, 0.25) is 0 Å². The van der Waals surface area contributed by atoms with Gasteiger partial charge < -0.3 is 0 Å². The minimum atomic E-state index is -0.234. The molecular weight excluding hydrogens is 247 g/mol. The van der Waals surface area contributed by atoms with E-state index in [0.29, 0.717) is 21.5 Å². The summed E-state index contributed by atoms with van der Waals surface area (Å²) in [6.45, 7) is 3.50. The highest BCUT2D eigenvalue weighted by Gasteiger charge is 2.06. The van der Waals surface area contributed by atoms with Crippen LogP contribution in [0.4, 0.5) is 4.39 Å². The molecule has 0 aliphatic heterocycles. The fourth-order valence-corrected chi connectivity index (χ4v) is 1.90. The summed E-state index contributed by atoms with van der Waals surface area (Å²) in [6.07, 6.45) is 0. The predicted octanol–water partition coefficient (Wildman–Crippen LogP) is 3.15. The summed E-state index contributed by atoms with van der Waals surface area (Å²) in [7, 11) is 0. The molecule has 2 rings (SSSR count). The van der Waals surface area contributed by atoms with Crippen LogP contribution in [0.25, 0.3) is 10.9 Å². The fraction of sp³-hybridized carbons (Fsp3) is 0.200. The van der Waals surface area contributed by atoms with Gasteiger partial charge in [-0.15, -0.1) is 0 Å². The van der Waals surface area contributed by atoms with Gasteiger partial charge in [-0.1, -0.05) is 0 Å². The van der Waals surface area contributed by atoms with Gasteiger partial charge in [0.25, 0.3) is 0 Å². The minimum absolute atomic E-state index is 0.234. The lowest BCUT2D eigenvalue weighted by molar-refractivity contribution is 0.620. The molecule has 72 valence electrons. The molecule has 0 saturated heterocycles. The third-order valence-electron chi connectivity index (χ3n) is 2.04. The van der Waals surface area contributed by atoms with Crippen molar-refractivity contribution in [2.24, 2.45) is 0 Å². The molecule has 0 saturated carbocycles. The molecule has 2 aromatic rings. The van der Waals surface area contributed by atoms with Gasteiger partial charge in [0.2, 0.25) is 0 Å². The van der Waals surface area contributed by atoms with Crippen LogP contribution in [0.3, 0.4) is 0 Å². The van der Waals surface area contributed by atoms with E-state index in [4.69, 9.17) is 0 Å². The van der Waals surface area contributed by atoms with Gasteiger partial charge in [-0.2, -0.15) is 0 Å². The summed E-state index contributed by atoms with van der Waals surface area (Å²) >= 11 is 3.33. The molecule has 0 fully saturated rings. The SMILES string of the molecule is Cc1nc(Br)c2cc(C)c(F)cc2n1. The van der Waals surface area contributed by atoms with Crippen LogP contribution in [-0.2, 0) is 0 Å². The number of halogens is 2. The summed E-state index contributed by atoms with van der Waals surface area (Å²) in [4.78, 5) is 8.31. The number of fused-ring (bicyclic) bond motifs is 1. The molecule has 2 nitrogen and oxygen atoms in total. The van der Waals surface area contributed by atoms with E-state index in [0.717, 1.165) is 5.39 Å². The lowest BCUT2D eigenvalue weighted by Crippen LogP contribution is -1.92. The number of benzene rings is 1. The van der Waals surface area contributed by atoms with Crippen molar-refractivity contribution in [2.45, 2.75) is 13.8 Å². The van der Waals surface area contributed by atoms with E-state index in [1.807, 2.05) is 0 Å². The van der Waals surface area contributed by atoms with Crippen LogP contribution in [0, 0.1) is 19.7 Å². The first-order chi connectivity index (χ1) is 6.58. The van der Waals surface area contributed by atoms with Crippen molar-refractivity contribution in [2.75, 3.05) is 0 Å². The van der Waals surface area contributed by atoms with Crippen LogP contribution in [0.1, 0.15) is 11.4 Å². The number of aryl methyl sites for hydroxylation is 2. The molecule has 0 spiro atoms. The molecule has 1 aromatic carbocycles. The molecule has 0 unspecified atom stereocenters. The van der Waals surface area contributed by atoms with Crippen molar-refractivity contribution in [1.29, 1.82) is 0 Å². The maximum Gasteiger partial charge on any atom is 0.128 e. The van der Waals surface area contributed by atoms with E-state index in [-0.39, 0.29) is 5.82 Å². The molecule has 1 aromatic heterocycles. The largest absolute Gasteiger partial charge is 0.233 e. The third-order valence-corrected chi connectivity index (χ3v) is 2.65. The topological polar surface area (TPSA) is 25.8 Å².